The Morgan fingerprint density at radius 2 is 2.28 bits per heavy atom. The molecule has 1 aliphatic carbocycles. The molecule has 1 aromatic carbocycles. The number of anilines is 1. The van der Waals surface area contributed by atoms with E-state index in [2.05, 4.69) is 26.6 Å². The molecule has 0 aromatic heterocycles. The minimum Gasteiger partial charge on any atom is -0.497 e. The molecule has 0 bridgehead atoms. The predicted octanol–water partition coefficient (Wildman–Crippen LogP) is 2.54. The summed E-state index contributed by atoms with van der Waals surface area (Å²) in [6, 6.07) is 6.14. The van der Waals surface area contributed by atoms with E-state index in [0.29, 0.717) is 19.0 Å². The van der Waals surface area contributed by atoms with Crippen molar-refractivity contribution in [2.24, 2.45) is 0 Å². The Labute approximate surface area is 115 Å². The van der Waals surface area contributed by atoms with Crippen LogP contribution in [0.1, 0.15) is 19.3 Å². The van der Waals surface area contributed by atoms with Crippen molar-refractivity contribution in [3.63, 3.8) is 0 Å². The molecule has 0 heterocycles. The van der Waals surface area contributed by atoms with Crippen LogP contribution in [0, 0.1) is 0 Å². The molecule has 1 amide bonds. The van der Waals surface area contributed by atoms with Crippen LogP contribution < -0.4 is 15.4 Å². The molecule has 18 heavy (non-hydrogen) atoms. The Morgan fingerprint density at radius 3 is 2.94 bits per heavy atom. The van der Waals surface area contributed by atoms with Crippen molar-refractivity contribution in [1.82, 2.24) is 5.32 Å². The van der Waals surface area contributed by atoms with Crippen LogP contribution in [0.5, 0.6) is 5.75 Å². The number of benzene rings is 1. The highest BCUT2D eigenvalue weighted by atomic mass is 79.9. The molecule has 0 aliphatic heterocycles. The van der Waals surface area contributed by atoms with Gasteiger partial charge in [-0.05, 0) is 40.9 Å². The zero-order valence-electron chi connectivity index (χ0n) is 10.3. The van der Waals surface area contributed by atoms with Crippen LogP contribution >= 0.6 is 15.9 Å². The zero-order valence-corrected chi connectivity index (χ0v) is 11.9. The number of hydrogen-bond acceptors (Lipinski definition) is 3. The molecule has 1 aromatic rings. The Kier molecular flexibility index (Phi) is 4.47. The van der Waals surface area contributed by atoms with Crippen molar-refractivity contribution in [1.29, 1.82) is 0 Å². The third kappa shape index (κ3) is 3.91. The van der Waals surface area contributed by atoms with E-state index in [0.717, 1.165) is 28.8 Å². The number of ether oxygens (including phenoxy) is 1. The lowest BCUT2D eigenvalue weighted by molar-refractivity contribution is -0.120. The first-order valence-electron chi connectivity index (χ1n) is 6.06. The molecule has 1 fully saturated rings. The van der Waals surface area contributed by atoms with Crippen molar-refractivity contribution in [2.75, 3.05) is 19.0 Å². The average Bonchev–Trinajstić information content (AvgIpc) is 3.15. The zero-order chi connectivity index (χ0) is 13.0. The molecule has 98 valence electrons. The summed E-state index contributed by atoms with van der Waals surface area (Å²) in [5.41, 5.74) is 0.938. The lowest BCUT2D eigenvalue weighted by Crippen LogP contribution is -2.27. The van der Waals surface area contributed by atoms with Gasteiger partial charge in [-0.3, -0.25) is 4.79 Å². The van der Waals surface area contributed by atoms with Gasteiger partial charge in [-0.1, -0.05) is 0 Å². The Balaban J connectivity index is 1.79. The van der Waals surface area contributed by atoms with E-state index < -0.39 is 0 Å². The maximum Gasteiger partial charge on any atom is 0.221 e. The second-order valence-electron chi connectivity index (χ2n) is 4.36. The minimum absolute atomic E-state index is 0.115. The van der Waals surface area contributed by atoms with Crippen molar-refractivity contribution >= 4 is 27.5 Å². The number of carbonyl (C=O) groups excluding carboxylic acids is 1. The number of nitrogens with one attached hydrogen (secondary N) is 2. The average molecular weight is 313 g/mol. The Morgan fingerprint density at radius 1 is 1.50 bits per heavy atom. The second kappa shape index (κ2) is 6.09. The number of carbonyl (C=O) groups is 1. The Hall–Kier alpha value is -1.23. The molecule has 0 saturated heterocycles. The molecule has 1 aliphatic rings. The van der Waals surface area contributed by atoms with Crippen molar-refractivity contribution in [3.05, 3.63) is 22.7 Å². The van der Waals surface area contributed by atoms with Gasteiger partial charge in [0.05, 0.1) is 12.8 Å². The Bertz CT molecular complexity index is 433. The smallest absolute Gasteiger partial charge is 0.221 e. The highest BCUT2D eigenvalue weighted by Gasteiger charge is 2.22. The van der Waals surface area contributed by atoms with E-state index in [-0.39, 0.29) is 5.91 Å². The number of hydrogen-bond donors (Lipinski definition) is 2. The predicted molar refractivity (Wildman–Crippen MR) is 75.0 cm³/mol. The third-order valence-electron chi connectivity index (χ3n) is 2.78. The van der Waals surface area contributed by atoms with Gasteiger partial charge in [-0.2, -0.15) is 0 Å². The second-order valence-corrected chi connectivity index (χ2v) is 5.22. The SMILES string of the molecule is COc1ccc(Br)c(NCCC(=O)NC2CC2)c1. The standard InChI is InChI=1S/C13H17BrN2O2/c1-18-10-4-5-11(14)12(8-10)15-7-6-13(17)16-9-2-3-9/h4-5,8-9,15H,2-3,6-7H2,1H3,(H,16,17). The lowest BCUT2D eigenvalue weighted by Gasteiger charge is -2.10. The molecule has 4 nitrogen and oxygen atoms in total. The summed E-state index contributed by atoms with van der Waals surface area (Å²) in [5.74, 6) is 0.909. The molecular formula is C13H17BrN2O2. The number of halogens is 1. The largest absolute Gasteiger partial charge is 0.497 e. The van der Waals surface area contributed by atoms with Gasteiger partial charge >= 0.3 is 0 Å². The van der Waals surface area contributed by atoms with E-state index >= 15 is 0 Å². The number of methoxy groups -OCH3 is 1. The van der Waals surface area contributed by atoms with Crippen molar-refractivity contribution < 1.29 is 9.53 Å². The molecule has 0 spiro atoms. The molecule has 0 radical (unpaired) electrons. The fourth-order valence-corrected chi connectivity index (χ4v) is 1.99. The van der Waals surface area contributed by atoms with E-state index in [9.17, 15) is 4.79 Å². The first kappa shape index (κ1) is 13.2. The summed E-state index contributed by atoms with van der Waals surface area (Å²) < 4.78 is 6.12. The topological polar surface area (TPSA) is 50.4 Å². The van der Waals surface area contributed by atoms with Gasteiger partial charge in [0.2, 0.25) is 5.91 Å². The van der Waals surface area contributed by atoms with Gasteiger partial charge in [0.1, 0.15) is 5.75 Å². The fraction of sp³-hybridized carbons (Fsp3) is 0.462. The van der Waals surface area contributed by atoms with E-state index in [1.807, 2.05) is 18.2 Å². The molecule has 1 saturated carbocycles. The number of rotatable bonds is 6. The summed E-state index contributed by atoms with van der Waals surface area (Å²) in [6.07, 6.45) is 2.74. The van der Waals surface area contributed by atoms with Crippen LogP contribution in [0.2, 0.25) is 0 Å². The van der Waals surface area contributed by atoms with E-state index in [1.165, 1.54) is 0 Å². The monoisotopic (exact) mass is 312 g/mol. The quantitative estimate of drug-likeness (QED) is 0.848. The van der Waals surface area contributed by atoms with Crippen LogP contribution in [0.3, 0.4) is 0 Å². The van der Waals surface area contributed by atoms with Crippen LogP contribution in [-0.4, -0.2) is 25.6 Å². The first-order chi connectivity index (χ1) is 8.69. The van der Waals surface area contributed by atoms with Crippen LogP contribution in [0.25, 0.3) is 0 Å². The molecule has 2 N–H and O–H groups in total. The third-order valence-corrected chi connectivity index (χ3v) is 3.48. The fourth-order valence-electron chi connectivity index (χ4n) is 1.61. The van der Waals surface area contributed by atoms with Gasteiger partial charge in [0.25, 0.3) is 0 Å². The van der Waals surface area contributed by atoms with Crippen molar-refractivity contribution in [2.45, 2.75) is 25.3 Å². The molecule has 0 atom stereocenters. The van der Waals surface area contributed by atoms with Gasteiger partial charge in [-0.25, -0.2) is 0 Å². The van der Waals surface area contributed by atoms with E-state index in [1.54, 1.807) is 7.11 Å². The molecule has 0 unspecified atom stereocenters. The van der Waals surface area contributed by atoms with Gasteiger partial charge in [-0.15, -0.1) is 0 Å². The normalized spacial score (nSPS) is 14.1. The molecule has 5 heteroatoms. The van der Waals surface area contributed by atoms with Gasteiger partial charge in [0, 0.05) is 29.5 Å². The maximum atomic E-state index is 11.5. The van der Waals surface area contributed by atoms with Crippen LogP contribution in [0.4, 0.5) is 5.69 Å². The molecule has 2 rings (SSSR count). The summed E-state index contributed by atoms with van der Waals surface area (Å²) >= 11 is 3.46. The highest BCUT2D eigenvalue weighted by molar-refractivity contribution is 9.10. The minimum atomic E-state index is 0.115. The summed E-state index contributed by atoms with van der Waals surface area (Å²) in [5, 5.41) is 6.19. The first-order valence-corrected chi connectivity index (χ1v) is 6.85. The van der Waals surface area contributed by atoms with Gasteiger partial charge < -0.3 is 15.4 Å². The lowest BCUT2D eigenvalue weighted by atomic mass is 10.3. The highest BCUT2D eigenvalue weighted by Crippen LogP contribution is 2.27. The van der Waals surface area contributed by atoms with Gasteiger partial charge in [0.15, 0.2) is 0 Å². The summed E-state index contributed by atoms with van der Waals surface area (Å²) in [4.78, 5) is 11.5. The summed E-state index contributed by atoms with van der Waals surface area (Å²) in [7, 11) is 1.64. The van der Waals surface area contributed by atoms with Crippen LogP contribution in [-0.2, 0) is 4.79 Å². The number of amides is 1. The van der Waals surface area contributed by atoms with E-state index in [4.69, 9.17) is 4.74 Å². The summed E-state index contributed by atoms with van der Waals surface area (Å²) in [6.45, 7) is 0.615. The maximum absolute atomic E-state index is 11.5. The van der Waals surface area contributed by atoms with Crippen LogP contribution in [0.15, 0.2) is 22.7 Å². The van der Waals surface area contributed by atoms with Crippen molar-refractivity contribution in [3.8, 4) is 5.75 Å². The molecular weight excluding hydrogens is 296 g/mol.